The van der Waals surface area contributed by atoms with Gasteiger partial charge in [-0.15, -0.1) is 0 Å². The summed E-state index contributed by atoms with van der Waals surface area (Å²) in [5, 5.41) is 0.596. The Balaban J connectivity index is 1.97. The second-order valence-corrected chi connectivity index (χ2v) is 6.14. The Kier molecular flexibility index (Phi) is 3.28. The van der Waals surface area contributed by atoms with E-state index in [1.807, 2.05) is 67.6 Å². The monoisotopic (exact) mass is 319 g/mol. The maximum Gasteiger partial charge on any atom is 0.276 e. The molecule has 0 aliphatic carbocycles. The summed E-state index contributed by atoms with van der Waals surface area (Å²) in [6.45, 7) is 1.86. The SMILES string of the molecule is Cc1nc(-c2ccccc2)nc2sn(-c3ccccc3)c(=O)c12. The van der Waals surface area contributed by atoms with E-state index in [9.17, 15) is 4.79 Å². The third-order valence-electron chi connectivity index (χ3n) is 3.66. The summed E-state index contributed by atoms with van der Waals surface area (Å²) in [6.07, 6.45) is 0. The average molecular weight is 319 g/mol. The van der Waals surface area contributed by atoms with E-state index in [1.54, 1.807) is 3.96 Å². The summed E-state index contributed by atoms with van der Waals surface area (Å²) < 4.78 is 1.67. The lowest BCUT2D eigenvalue weighted by Gasteiger charge is -2.01. The molecule has 0 saturated carbocycles. The van der Waals surface area contributed by atoms with Crippen molar-refractivity contribution in [2.75, 3.05) is 0 Å². The second kappa shape index (κ2) is 5.44. The Morgan fingerprint density at radius 2 is 1.57 bits per heavy atom. The fraction of sp³-hybridized carbons (Fsp3) is 0.0556. The van der Waals surface area contributed by atoms with Crippen molar-refractivity contribution in [3.63, 3.8) is 0 Å². The van der Waals surface area contributed by atoms with E-state index in [0.717, 1.165) is 11.3 Å². The number of benzene rings is 2. The molecule has 112 valence electrons. The molecule has 0 aliphatic rings. The molecule has 0 atom stereocenters. The van der Waals surface area contributed by atoms with Crippen molar-refractivity contribution in [3.8, 4) is 17.1 Å². The molecule has 0 bridgehead atoms. The highest BCUT2D eigenvalue weighted by Crippen LogP contribution is 2.24. The van der Waals surface area contributed by atoms with Crippen LogP contribution >= 0.6 is 11.5 Å². The quantitative estimate of drug-likeness (QED) is 0.564. The van der Waals surface area contributed by atoms with Gasteiger partial charge in [-0.2, -0.15) is 0 Å². The van der Waals surface area contributed by atoms with Gasteiger partial charge in [-0.05, 0) is 30.6 Å². The molecule has 2 aromatic carbocycles. The van der Waals surface area contributed by atoms with E-state index in [-0.39, 0.29) is 5.56 Å². The zero-order valence-corrected chi connectivity index (χ0v) is 13.2. The van der Waals surface area contributed by atoms with Gasteiger partial charge in [0.2, 0.25) is 0 Å². The molecule has 4 nitrogen and oxygen atoms in total. The minimum Gasteiger partial charge on any atom is -0.267 e. The van der Waals surface area contributed by atoms with E-state index < -0.39 is 0 Å². The van der Waals surface area contributed by atoms with Crippen molar-refractivity contribution in [2.45, 2.75) is 6.92 Å². The van der Waals surface area contributed by atoms with Crippen molar-refractivity contribution in [1.82, 2.24) is 13.9 Å². The Morgan fingerprint density at radius 1 is 0.913 bits per heavy atom. The van der Waals surface area contributed by atoms with Crippen LogP contribution in [0.5, 0.6) is 0 Å². The first-order valence-corrected chi connectivity index (χ1v) is 8.03. The topological polar surface area (TPSA) is 47.8 Å². The number of rotatable bonds is 2. The molecular weight excluding hydrogens is 306 g/mol. The Morgan fingerprint density at radius 3 is 2.26 bits per heavy atom. The molecule has 4 rings (SSSR count). The molecule has 0 fully saturated rings. The number of aromatic nitrogens is 3. The van der Waals surface area contributed by atoms with E-state index >= 15 is 0 Å². The van der Waals surface area contributed by atoms with Crippen molar-refractivity contribution in [1.29, 1.82) is 0 Å². The minimum absolute atomic E-state index is 0.0617. The Bertz CT molecular complexity index is 1040. The fourth-order valence-electron chi connectivity index (χ4n) is 2.54. The van der Waals surface area contributed by atoms with Gasteiger partial charge in [-0.25, -0.2) is 13.9 Å². The summed E-state index contributed by atoms with van der Waals surface area (Å²) in [7, 11) is 0. The molecule has 0 amide bonds. The first-order chi connectivity index (χ1) is 11.2. The van der Waals surface area contributed by atoms with Gasteiger partial charge < -0.3 is 0 Å². The molecule has 23 heavy (non-hydrogen) atoms. The van der Waals surface area contributed by atoms with Gasteiger partial charge in [0.05, 0.1) is 16.8 Å². The average Bonchev–Trinajstić information content (AvgIpc) is 2.94. The number of para-hydroxylation sites is 1. The van der Waals surface area contributed by atoms with Crippen LogP contribution in [0.15, 0.2) is 65.5 Å². The summed E-state index contributed by atoms with van der Waals surface area (Å²) in [5.74, 6) is 0.650. The van der Waals surface area contributed by atoms with Gasteiger partial charge in [0.25, 0.3) is 5.56 Å². The molecule has 0 spiro atoms. The second-order valence-electron chi connectivity index (χ2n) is 5.21. The Labute approximate surface area is 136 Å². The third-order valence-corrected chi connectivity index (χ3v) is 4.68. The molecule has 0 N–H and O–H groups in total. The van der Waals surface area contributed by atoms with E-state index in [4.69, 9.17) is 0 Å². The van der Waals surface area contributed by atoms with E-state index in [0.29, 0.717) is 21.7 Å². The van der Waals surface area contributed by atoms with Gasteiger partial charge in [-0.3, -0.25) is 4.79 Å². The third kappa shape index (κ3) is 2.35. The molecular formula is C18H13N3OS. The van der Waals surface area contributed by atoms with Gasteiger partial charge in [0.1, 0.15) is 4.83 Å². The normalized spacial score (nSPS) is 11.0. The largest absolute Gasteiger partial charge is 0.276 e. The molecule has 0 saturated heterocycles. The number of hydrogen-bond acceptors (Lipinski definition) is 4. The smallest absolute Gasteiger partial charge is 0.267 e. The molecule has 0 aliphatic heterocycles. The van der Waals surface area contributed by atoms with Crippen molar-refractivity contribution >= 4 is 21.7 Å². The number of fused-ring (bicyclic) bond motifs is 1. The molecule has 2 aromatic heterocycles. The predicted octanol–water partition coefficient (Wildman–Crippen LogP) is 3.82. The highest BCUT2D eigenvalue weighted by Gasteiger charge is 2.15. The summed E-state index contributed by atoms with van der Waals surface area (Å²) in [5.41, 5.74) is 2.45. The highest BCUT2D eigenvalue weighted by molar-refractivity contribution is 7.13. The van der Waals surface area contributed by atoms with Gasteiger partial charge >= 0.3 is 0 Å². The maximum absolute atomic E-state index is 12.7. The van der Waals surface area contributed by atoms with Crippen LogP contribution in [0.2, 0.25) is 0 Å². The molecule has 0 unspecified atom stereocenters. The maximum atomic E-state index is 12.7. The first kappa shape index (κ1) is 13.8. The standard InChI is InChI=1S/C18H13N3OS/c1-12-15-17(20-16(19-12)13-8-4-2-5-9-13)23-21(18(15)22)14-10-6-3-7-11-14/h2-11H,1H3. The molecule has 0 radical (unpaired) electrons. The summed E-state index contributed by atoms with van der Waals surface area (Å²) in [4.78, 5) is 22.5. The van der Waals surface area contributed by atoms with E-state index in [2.05, 4.69) is 9.97 Å². The van der Waals surface area contributed by atoms with Crippen LogP contribution in [0.25, 0.3) is 27.3 Å². The molecule has 4 aromatic rings. The van der Waals surface area contributed by atoms with Gasteiger partial charge in [0, 0.05) is 5.56 Å². The number of nitrogens with zero attached hydrogens (tertiary/aromatic N) is 3. The van der Waals surface area contributed by atoms with Crippen molar-refractivity contribution in [3.05, 3.63) is 76.7 Å². The van der Waals surface area contributed by atoms with Crippen LogP contribution in [0, 0.1) is 6.92 Å². The molecule has 5 heteroatoms. The summed E-state index contributed by atoms with van der Waals surface area (Å²) >= 11 is 1.35. The lowest BCUT2D eigenvalue weighted by molar-refractivity contribution is 1.12. The van der Waals surface area contributed by atoms with Crippen LogP contribution in [0.1, 0.15) is 5.69 Å². The predicted molar refractivity (Wildman–Crippen MR) is 93.2 cm³/mol. The van der Waals surface area contributed by atoms with Crippen LogP contribution in [0.4, 0.5) is 0 Å². The van der Waals surface area contributed by atoms with Gasteiger partial charge in [-0.1, -0.05) is 48.5 Å². The summed E-state index contributed by atoms with van der Waals surface area (Å²) in [6, 6.07) is 19.4. The van der Waals surface area contributed by atoms with Crippen LogP contribution in [-0.4, -0.2) is 13.9 Å². The highest BCUT2D eigenvalue weighted by atomic mass is 32.1. The Hall–Kier alpha value is -2.79. The molecule has 2 heterocycles. The van der Waals surface area contributed by atoms with Crippen LogP contribution in [0.3, 0.4) is 0 Å². The van der Waals surface area contributed by atoms with Crippen molar-refractivity contribution < 1.29 is 0 Å². The van der Waals surface area contributed by atoms with Crippen molar-refractivity contribution in [2.24, 2.45) is 0 Å². The number of aryl methyl sites for hydroxylation is 1. The van der Waals surface area contributed by atoms with Gasteiger partial charge in [0.15, 0.2) is 5.82 Å². The zero-order valence-electron chi connectivity index (χ0n) is 12.4. The van der Waals surface area contributed by atoms with E-state index in [1.165, 1.54) is 11.5 Å². The fourth-order valence-corrected chi connectivity index (χ4v) is 3.57. The zero-order chi connectivity index (χ0) is 15.8. The minimum atomic E-state index is -0.0617. The lowest BCUT2D eigenvalue weighted by Crippen LogP contribution is -2.11. The van der Waals surface area contributed by atoms with Crippen LogP contribution in [-0.2, 0) is 0 Å². The first-order valence-electron chi connectivity index (χ1n) is 7.25. The number of hydrogen-bond donors (Lipinski definition) is 0. The van der Waals surface area contributed by atoms with Crippen LogP contribution < -0.4 is 5.56 Å². The lowest BCUT2D eigenvalue weighted by atomic mass is 10.2.